The summed E-state index contributed by atoms with van der Waals surface area (Å²) >= 11 is 0. The maximum absolute atomic E-state index is 14.2. The van der Waals surface area contributed by atoms with Gasteiger partial charge in [-0.15, -0.1) is 0 Å². The number of piperidine rings is 1. The Kier molecular flexibility index (Phi) is 6.88. The summed E-state index contributed by atoms with van der Waals surface area (Å²) in [5.41, 5.74) is 8.36. The molecule has 1 fully saturated rings. The number of aromatic amines is 1. The van der Waals surface area contributed by atoms with E-state index in [-0.39, 0.29) is 17.8 Å². The summed E-state index contributed by atoms with van der Waals surface area (Å²) in [7, 11) is 3.51. The molecule has 2 aromatic carbocycles. The van der Waals surface area contributed by atoms with Crippen LogP contribution in [0.2, 0.25) is 0 Å². The number of para-hydroxylation sites is 2. The van der Waals surface area contributed by atoms with E-state index in [2.05, 4.69) is 16.4 Å². The number of H-pyrrole nitrogens is 1. The summed E-state index contributed by atoms with van der Waals surface area (Å²) in [4.78, 5) is 49.2. The monoisotopic (exact) mass is 530 g/mol. The molecule has 4 N–H and O–H groups in total. The molecular weight excluding hydrogens is 492 g/mol. The number of hydrogen-bond acceptors (Lipinski definition) is 4. The number of fused-ring (bicyclic) bond motifs is 2. The quantitative estimate of drug-likeness (QED) is 0.470. The molecule has 4 amide bonds. The smallest absolute Gasteiger partial charge is 0.324 e. The highest BCUT2D eigenvalue weighted by Crippen LogP contribution is 2.44. The van der Waals surface area contributed by atoms with Crippen LogP contribution in [0.15, 0.2) is 54.7 Å². The van der Waals surface area contributed by atoms with E-state index in [1.807, 2.05) is 58.5 Å². The molecule has 39 heavy (non-hydrogen) atoms. The van der Waals surface area contributed by atoms with Crippen molar-refractivity contribution < 1.29 is 14.4 Å². The van der Waals surface area contributed by atoms with Crippen molar-refractivity contribution in [2.75, 3.05) is 32.1 Å². The van der Waals surface area contributed by atoms with Gasteiger partial charge in [-0.2, -0.15) is 0 Å². The number of anilines is 1. The summed E-state index contributed by atoms with van der Waals surface area (Å²) in [5, 5.41) is 3.96. The van der Waals surface area contributed by atoms with E-state index >= 15 is 0 Å². The lowest BCUT2D eigenvalue weighted by Crippen LogP contribution is -2.64. The maximum atomic E-state index is 14.2. The number of likely N-dealkylation sites (tertiary alicyclic amines) is 1. The Hall–Kier alpha value is -3.85. The molecule has 2 aliphatic heterocycles. The highest BCUT2D eigenvalue weighted by molar-refractivity contribution is 5.97. The second kappa shape index (κ2) is 10.0. The first kappa shape index (κ1) is 26.7. The van der Waals surface area contributed by atoms with Gasteiger partial charge in [-0.1, -0.05) is 36.4 Å². The molecule has 1 spiro atoms. The van der Waals surface area contributed by atoms with Crippen molar-refractivity contribution in [1.82, 2.24) is 20.1 Å². The Labute approximate surface area is 229 Å². The maximum Gasteiger partial charge on any atom is 0.324 e. The van der Waals surface area contributed by atoms with Gasteiger partial charge in [0.25, 0.3) is 0 Å². The van der Waals surface area contributed by atoms with Crippen LogP contribution in [-0.4, -0.2) is 76.9 Å². The fraction of sp³-hybridized carbons (Fsp3) is 0.433. The number of urea groups is 1. The molecule has 0 bridgehead atoms. The molecule has 0 aliphatic carbocycles. The van der Waals surface area contributed by atoms with Gasteiger partial charge in [0, 0.05) is 56.4 Å². The Morgan fingerprint density at radius 1 is 1.13 bits per heavy atom. The molecule has 1 saturated heterocycles. The van der Waals surface area contributed by atoms with Gasteiger partial charge in [0.1, 0.15) is 6.04 Å². The van der Waals surface area contributed by atoms with Crippen molar-refractivity contribution in [1.29, 1.82) is 0 Å². The summed E-state index contributed by atoms with van der Waals surface area (Å²) in [6.07, 6.45) is 4.46. The Balaban J connectivity index is 1.46. The third kappa shape index (κ3) is 4.98. The fourth-order valence-corrected chi connectivity index (χ4v) is 5.99. The standard InChI is InChI=1S/C30H38N6O3/c1-29(2,31)27(38)33-24(16-21-18-32-23-12-7-6-11-22(21)23)26(37)35-15-9-14-30(19-35)17-20-10-5-8-13-25(20)36(30)28(39)34(3)4/h5-8,10-13,18,24,32H,9,14-17,19,31H2,1-4H3,(H,33,38)/t24-,30?/m1/s1. The molecule has 206 valence electrons. The lowest BCUT2D eigenvalue weighted by atomic mass is 9.84. The van der Waals surface area contributed by atoms with E-state index in [0.29, 0.717) is 25.9 Å². The van der Waals surface area contributed by atoms with E-state index in [1.54, 1.807) is 32.8 Å². The van der Waals surface area contributed by atoms with Crippen LogP contribution in [0.1, 0.15) is 37.8 Å². The first-order chi connectivity index (χ1) is 18.5. The normalized spacial score (nSPS) is 19.7. The predicted molar refractivity (Wildman–Crippen MR) is 152 cm³/mol. The molecule has 2 atom stereocenters. The average molecular weight is 531 g/mol. The van der Waals surface area contributed by atoms with Crippen LogP contribution >= 0.6 is 0 Å². The number of amides is 4. The predicted octanol–water partition coefficient (Wildman–Crippen LogP) is 3.04. The van der Waals surface area contributed by atoms with Crippen LogP contribution in [-0.2, 0) is 22.4 Å². The number of carbonyl (C=O) groups is 3. The van der Waals surface area contributed by atoms with E-state index in [9.17, 15) is 14.4 Å². The van der Waals surface area contributed by atoms with Crippen LogP contribution < -0.4 is 16.0 Å². The van der Waals surface area contributed by atoms with E-state index in [0.717, 1.165) is 40.6 Å². The molecule has 9 heteroatoms. The van der Waals surface area contributed by atoms with Gasteiger partial charge in [-0.25, -0.2) is 4.79 Å². The lowest BCUT2D eigenvalue weighted by Gasteiger charge is -2.47. The number of nitrogens with one attached hydrogen (secondary N) is 2. The van der Waals surface area contributed by atoms with E-state index < -0.39 is 17.1 Å². The third-order valence-corrected chi connectivity index (χ3v) is 7.95. The number of rotatable bonds is 5. The third-order valence-electron chi connectivity index (χ3n) is 7.95. The molecule has 3 aromatic rings. The van der Waals surface area contributed by atoms with Crippen LogP contribution in [0.5, 0.6) is 0 Å². The summed E-state index contributed by atoms with van der Waals surface area (Å²) in [6, 6.07) is 15.0. The molecule has 1 aromatic heterocycles. The van der Waals surface area contributed by atoms with Gasteiger partial charge in [-0.3, -0.25) is 14.5 Å². The van der Waals surface area contributed by atoms with Crippen molar-refractivity contribution in [3.63, 3.8) is 0 Å². The van der Waals surface area contributed by atoms with Gasteiger partial charge in [0.05, 0.1) is 11.1 Å². The highest BCUT2D eigenvalue weighted by Gasteiger charge is 2.50. The van der Waals surface area contributed by atoms with Crippen molar-refractivity contribution in [3.8, 4) is 0 Å². The van der Waals surface area contributed by atoms with Gasteiger partial charge in [-0.05, 0) is 56.4 Å². The largest absolute Gasteiger partial charge is 0.361 e. The second-order valence-corrected chi connectivity index (χ2v) is 11.7. The van der Waals surface area contributed by atoms with Gasteiger partial charge >= 0.3 is 6.03 Å². The first-order valence-electron chi connectivity index (χ1n) is 13.5. The minimum atomic E-state index is -1.14. The van der Waals surface area contributed by atoms with Crippen LogP contribution in [0.3, 0.4) is 0 Å². The first-order valence-corrected chi connectivity index (χ1v) is 13.5. The molecule has 5 rings (SSSR count). The summed E-state index contributed by atoms with van der Waals surface area (Å²) in [6.45, 7) is 4.22. The number of nitrogens with zero attached hydrogens (tertiary/aromatic N) is 3. The van der Waals surface area contributed by atoms with Gasteiger partial charge in [0.15, 0.2) is 0 Å². The average Bonchev–Trinajstić information content (AvgIpc) is 3.45. The molecule has 9 nitrogen and oxygen atoms in total. The van der Waals surface area contributed by atoms with Crippen molar-refractivity contribution in [3.05, 3.63) is 65.9 Å². The number of nitrogens with two attached hydrogens (primary N) is 1. The second-order valence-electron chi connectivity index (χ2n) is 11.7. The summed E-state index contributed by atoms with van der Waals surface area (Å²) in [5.74, 6) is -0.546. The van der Waals surface area contributed by atoms with Crippen LogP contribution in [0.4, 0.5) is 10.5 Å². The molecule has 3 heterocycles. The number of aromatic nitrogens is 1. The molecule has 0 saturated carbocycles. The van der Waals surface area contributed by atoms with Gasteiger partial charge < -0.3 is 25.8 Å². The zero-order valence-electron chi connectivity index (χ0n) is 23.2. The highest BCUT2D eigenvalue weighted by atomic mass is 16.2. The minimum absolute atomic E-state index is 0.0947. The Bertz CT molecular complexity index is 1410. The molecular formula is C30H38N6O3. The number of benzene rings is 2. The molecule has 0 radical (unpaired) electrons. The number of carbonyl (C=O) groups excluding carboxylic acids is 3. The summed E-state index contributed by atoms with van der Waals surface area (Å²) < 4.78 is 0. The minimum Gasteiger partial charge on any atom is -0.361 e. The zero-order chi connectivity index (χ0) is 27.9. The van der Waals surface area contributed by atoms with Crippen molar-refractivity contribution in [2.45, 2.75) is 56.7 Å². The van der Waals surface area contributed by atoms with Crippen molar-refractivity contribution >= 4 is 34.4 Å². The lowest BCUT2D eigenvalue weighted by molar-refractivity contribution is -0.139. The number of hydrogen-bond donors (Lipinski definition) is 3. The zero-order valence-corrected chi connectivity index (χ0v) is 23.2. The van der Waals surface area contributed by atoms with E-state index in [4.69, 9.17) is 5.73 Å². The van der Waals surface area contributed by atoms with Gasteiger partial charge in [0.2, 0.25) is 11.8 Å². The van der Waals surface area contributed by atoms with Crippen molar-refractivity contribution in [2.24, 2.45) is 5.73 Å². The molecule has 1 unspecified atom stereocenters. The fourth-order valence-electron chi connectivity index (χ4n) is 5.99. The van der Waals surface area contributed by atoms with Crippen LogP contribution in [0, 0.1) is 0 Å². The molecule has 2 aliphatic rings. The van der Waals surface area contributed by atoms with E-state index in [1.165, 1.54) is 0 Å². The van der Waals surface area contributed by atoms with Crippen LogP contribution in [0.25, 0.3) is 10.9 Å². The Morgan fingerprint density at radius 3 is 2.59 bits per heavy atom. The topological polar surface area (TPSA) is 115 Å². The SMILES string of the molecule is CN(C)C(=O)N1c2ccccc2CC12CCCN(C(=O)[C@@H](Cc1c[nH]c3ccccc13)NC(=O)C(C)(C)N)C2. The Morgan fingerprint density at radius 2 is 1.85 bits per heavy atom.